The number of hydrogen-bond acceptors (Lipinski definition) is 3. The van der Waals surface area contributed by atoms with E-state index in [0.29, 0.717) is 25.4 Å². The van der Waals surface area contributed by atoms with E-state index < -0.39 is 0 Å². The maximum atomic E-state index is 12.2. The largest absolute Gasteiger partial charge is 0.381 e. The van der Waals surface area contributed by atoms with Crippen molar-refractivity contribution < 1.29 is 9.53 Å². The molecule has 6 nitrogen and oxygen atoms in total. The van der Waals surface area contributed by atoms with E-state index in [1.807, 2.05) is 36.2 Å². The van der Waals surface area contributed by atoms with Gasteiger partial charge in [-0.05, 0) is 18.1 Å². The highest BCUT2D eigenvalue weighted by Gasteiger charge is 2.26. The van der Waals surface area contributed by atoms with E-state index in [2.05, 4.69) is 15.2 Å². The Bertz CT molecular complexity index is 611. The summed E-state index contributed by atoms with van der Waals surface area (Å²) in [6, 6.07) is 8.00. The summed E-state index contributed by atoms with van der Waals surface area (Å²) in [6.07, 6.45) is 1.62. The van der Waals surface area contributed by atoms with Crippen molar-refractivity contribution in [1.82, 2.24) is 10.2 Å². The normalized spacial score (nSPS) is 20.4. The van der Waals surface area contributed by atoms with Crippen molar-refractivity contribution in [3.05, 3.63) is 29.8 Å². The first-order valence-electron chi connectivity index (χ1n) is 8.57. The van der Waals surface area contributed by atoms with E-state index in [9.17, 15) is 4.79 Å². The molecule has 1 aromatic carbocycles. The molecule has 1 amide bonds. The summed E-state index contributed by atoms with van der Waals surface area (Å²) in [6.45, 7) is 3.96. The molecule has 1 N–H and O–H groups in total. The molecule has 3 rings (SSSR count). The molecule has 0 spiro atoms. The van der Waals surface area contributed by atoms with E-state index in [1.165, 1.54) is 0 Å². The zero-order valence-electron chi connectivity index (χ0n) is 14.5. The predicted molar refractivity (Wildman–Crippen MR) is 95.4 cm³/mol. The van der Waals surface area contributed by atoms with E-state index in [4.69, 9.17) is 4.74 Å². The summed E-state index contributed by atoms with van der Waals surface area (Å²) in [7, 11) is 3.84. The molecule has 1 fully saturated rings. The van der Waals surface area contributed by atoms with Gasteiger partial charge in [0, 0.05) is 51.9 Å². The van der Waals surface area contributed by atoms with Crippen LogP contribution in [0, 0.1) is 5.92 Å². The van der Waals surface area contributed by atoms with Crippen LogP contribution in [0.25, 0.3) is 0 Å². The number of aliphatic imine (C=N–C) groups is 1. The first-order valence-corrected chi connectivity index (χ1v) is 8.57. The van der Waals surface area contributed by atoms with Crippen LogP contribution >= 0.6 is 0 Å². The van der Waals surface area contributed by atoms with Crippen molar-refractivity contribution in [1.29, 1.82) is 0 Å². The van der Waals surface area contributed by atoms with Crippen molar-refractivity contribution in [3.8, 4) is 0 Å². The van der Waals surface area contributed by atoms with Gasteiger partial charge in [0.25, 0.3) is 0 Å². The lowest BCUT2D eigenvalue weighted by molar-refractivity contribution is -0.117. The van der Waals surface area contributed by atoms with Crippen LogP contribution in [-0.2, 0) is 16.0 Å². The lowest BCUT2D eigenvalue weighted by Gasteiger charge is -2.25. The van der Waals surface area contributed by atoms with Crippen molar-refractivity contribution in [2.24, 2.45) is 10.9 Å². The van der Waals surface area contributed by atoms with Crippen LogP contribution in [0.4, 0.5) is 5.69 Å². The molecule has 1 atom stereocenters. The fourth-order valence-electron chi connectivity index (χ4n) is 3.43. The molecule has 1 unspecified atom stereocenters. The number of nitrogens with zero attached hydrogens (tertiary/aromatic N) is 3. The third kappa shape index (κ3) is 3.70. The van der Waals surface area contributed by atoms with Crippen LogP contribution in [0.1, 0.15) is 12.0 Å². The molecule has 0 radical (unpaired) electrons. The summed E-state index contributed by atoms with van der Waals surface area (Å²) in [5.74, 6) is 1.60. The molecular weight excluding hydrogens is 304 g/mol. The molecule has 2 aliphatic heterocycles. The van der Waals surface area contributed by atoms with Gasteiger partial charge in [-0.25, -0.2) is 0 Å². The number of hydrogen-bond donors (Lipinski definition) is 1. The molecule has 24 heavy (non-hydrogen) atoms. The molecule has 2 aliphatic rings. The van der Waals surface area contributed by atoms with Crippen LogP contribution in [-0.4, -0.2) is 63.7 Å². The monoisotopic (exact) mass is 330 g/mol. The minimum Gasteiger partial charge on any atom is -0.381 e. The van der Waals surface area contributed by atoms with E-state index in [-0.39, 0.29) is 5.91 Å². The van der Waals surface area contributed by atoms with Crippen molar-refractivity contribution in [2.45, 2.75) is 12.8 Å². The van der Waals surface area contributed by atoms with Gasteiger partial charge in [0.1, 0.15) is 0 Å². The van der Waals surface area contributed by atoms with Gasteiger partial charge in [0.15, 0.2) is 5.96 Å². The maximum Gasteiger partial charge on any atom is 0.231 e. The highest BCUT2D eigenvalue weighted by atomic mass is 16.5. The second-order valence-corrected chi connectivity index (χ2v) is 6.43. The molecule has 1 aromatic rings. The lowest BCUT2D eigenvalue weighted by Crippen LogP contribution is -2.44. The number of carbonyl (C=O) groups excluding carboxylic acids is 1. The minimum atomic E-state index is 0.171. The molecule has 0 aliphatic carbocycles. The number of benzene rings is 1. The van der Waals surface area contributed by atoms with Gasteiger partial charge < -0.3 is 19.9 Å². The first-order chi connectivity index (χ1) is 11.7. The predicted octanol–water partition coefficient (Wildman–Crippen LogP) is 1.12. The average Bonchev–Trinajstić information content (AvgIpc) is 3.19. The van der Waals surface area contributed by atoms with Crippen molar-refractivity contribution in [2.75, 3.05) is 51.8 Å². The van der Waals surface area contributed by atoms with Gasteiger partial charge in [0.2, 0.25) is 5.91 Å². The van der Waals surface area contributed by atoms with Gasteiger partial charge in [0.05, 0.1) is 13.0 Å². The van der Waals surface area contributed by atoms with Crippen LogP contribution in [0.2, 0.25) is 0 Å². The number of ether oxygens (including phenoxy) is 1. The van der Waals surface area contributed by atoms with Crippen molar-refractivity contribution >= 4 is 17.6 Å². The summed E-state index contributed by atoms with van der Waals surface area (Å²) >= 11 is 0. The quantitative estimate of drug-likeness (QED) is 0.649. The SMILES string of the molecule is CN=C(NCCN1C(=O)Cc2ccccc21)N(C)CC1CCOC1. The molecule has 130 valence electrons. The van der Waals surface area contributed by atoms with Crippen LogP contribution < -0.4 is 10.2 Å². The zero-order valence-corrected chi connectivity index (χ0v) is 14.5. The number of para-hydroxylation sites is 1. The van der Waals surface area contributed by atoms with Gasteiger partial charge in [-0.3, -0.25) is 9.79 Å². The van der Waals surface area contributed by atoms with E-state index in [0.717, 1.165) is 43.4 Å². The fraction of sp³-hybridized carbons (Fsp3) is 0.556. The number of carbonyl (C=O) groups is 1. The Morgan fingerprint density at radius 3 is 3.04 bits per heavy atom. The highest BCUT2D eigenvalue weighted by Crippen LogP contribution is 2.27. The van der Waals surface area contributed by atoms with Crippen LogP contribution in [0.3, 0.4) is 0 Å². The van der Waals surface area contributed by atoms with E-state index >= 15 is 0 Å². The van der Waals surface area contributed by atoms with E-state index in [1.54, 1.807) is 7.05 Å². The third-order valence-electron chi connectivity index (χ3n) is 4.67. The van der Waals surface area contributed by atoms with Crippen LogP contribution in [0.5, 0.6) is 0 Å². The molecule has 0 aromatic heterocycles. The zero-order chi connectivity index (χ0) is 16.9. The second kappa shape index (κ2) is 7.66. The van der Waals surface area contributed by atoms with Gasteiger partial charge in [-0.2, -0.15) is 0 Å². The molecule has 1 saturated heterocycles. The third-order valence-corrected chi connectivity index (χ3v) is 4.67. The molecule has 6 heteroatoms. The topological polar surface area (TPSA) is 57.2 Å². The standard InChI is InChI=1S/C18H26N4O2/c1-19-18(21(2)12-14-7-10-24-13-14)20-8-9-22-16-6-4-3-5-15(16)11-17(22)23/h3-6,14H,7-13H2,1-2H3,(H,19,20). The lowest BCUT2D eigenvalue weighted by atomic mass is 10.1. The smallest absolute Gasteiger partial charge is 0.231 e. The molecular formula is C18H26N4O2. The van der Waals surface area contributed by atoms with Crippen LogP contribution in [0.15, 0.2) is 29.3 Å². The minimum absolute atomic E-state index is 0.171. The van der Waals surface area contributed by atoms with Gasteiger partial charge in [-0.15, -0.1) is 0 Å². The highest BCUT2D eigenvalue weighted by molar-refractivity contribution is 6.01. The first kappa shape index (κ1) is 16.8. The van der Waals surface area contributed by atoms with Gasteiger partial charge >= 0.3 is 0 Å². The summed E-state index contributed by atoms with van der Waals surface area (Å²) in [5, 5.41) is 3.36. The fourth-order valence-corrected chi connectivity index (χ4v) is 3.43. The molecule has 0 bridgehead atoms. The number of amides is 1. The molecule has 2 heterocycles. The maximum absolute atomic E-state index is 12.2. The number of guanidine groups is 1. The Balaban J connectivity index is 1.50. The summed E-state index contributed by atoms with van der Waals surface area (Å²) in [5.41, 5.74) is 2.15. The number of anilines is 1. The second-order valence-electron chi connectivity index (χ2n) is 6.43. The Kier molecular flexibility index (Phi) is 5.35. The number of rotatable bonds is 5. The molecule has 0 saturated carbocycles. The summed E-state index contributed by atoms with van der Waals surface area (Å²) < 4.78 is 5.43. The Labute approximate surface area is 143 Å². The Morgan fingerprint density at radius 2 is 2.29 bits per heavy atom. The number of nitrogens with one attached hydrogen (secondary N) is 1. The van der Waals surface area contributed by atoms with Crippen molar-refractivity contribution in [3.63, 3.8) is 0 Å². The summed E-state index contributed by atoms with van der Waals surface area (Å²) in [4.78, 5) is 20.5. The Hall–Kier alpha value is -2.08. The average molecular weight is 330 g/mol. The van der Waals surface area contributed by atoms with Gasteiger partial charge in [-0.1, -0.05) is 18.2 Å². The Morgan fingerprint density at radius 1 is 1.46 bits per heavy atom. The number of fused-ring (bicyclic) bond motifs is 1.